The van der Waals surface area contributed by atoms with Crippen molar-refractivity contribution in [1.82, 2.24) is 4.90 Å². The normalized spacial score (nSPS) is 14.1. The molecule has 0 saturated carbocycles. The van der Waals surface area contributed by atoms with E-state index in [4.69, 9.17) is 10.1 Å². The predicted octanol–water partition coefficient (Wildman–Crippen LogP) is 3.12. The van der Waals surface area contributed by atoms with Gasteiger partial charge in [0.1, 0.15) is 0 Å². The topological polar surface area (TPSA) is 56.6 Å². The molecule has 0 aromatic heterocycles. The van der Waals surface area contributed by atoms with Crippen LogP contribution in [0.25, 0.3) is 0 Å². The van der Waals surface area contributed by atoms with Crippen molar-refractivity contribution in [3.63, 3.8) is 0 Å². The molecule has 0 radical (unpaired) electrons. The minimum Gasteiger partial charge on any atom is -0.462 e. The van der Waals surface area contributed by atoms with Crippen molar-refractivity contribution in [1.29, 1.82) is 5.41 Å². The summed E-state index contributed by atoms with van der Waals surface area (Å²) in [5.74, 6) is 0.175. The van der Waals surface area contributed by atoms with Gasteiger partial charge in [-0.25, -0.2) is 4.79 Å². The van der Waals surface area contributed by atoms with Gasteiger partial charge in [-0.1, -0.05) is 30.3 Å². The maximum Gasteiger partial charge on any atom is 0.338 e. The van der Waals surface area contributed by atoms with Crippen LogP contribution in [0.4, 0.5) is 5.69 Å². The maximum atomic E-state index is 11.7. The first-order chi connectivity index (χ1) is 11.7. The Hall–Kier alpha value is -2.82. The molecule has 1 heterocycles. The number of carbonyl (C=O) groups excluding carboxylic acids is 1. The van der Waals surface area contributed by atoms with Crippen LogP contribution in [0.15, 0.2) is 54.6 Å². The molecule has 1 N–H and O–H groups in total. The van der Waals surface area contributed by atoms with E-state index in [0.717, 1.165) is 25.3 Å². The van der Waals surface area contributed by atoms with Crippen LogP contribution in [0.3, 0.4) is 0 Å². The van der Waals surface area contributed by atoms with Crippen LogP contribution >= 0.6 is 0 Å². The zero-order valence-electron chi connectivity index (χ0n) is 13.7. The van der Waals surface area contributed by atoms with E-state index in [2.05, 4.69) is 17.0 Å². The lowest BCUT2D eigenvalue weighted by atomic mass is 10.2. The average molecular weight is 323 g/mol. The molecule has 0 amide bonds. The fourth-order valence-corrected chi connectivity index (χ4v) is 2.80. The molecule has 1 aliphatic heterocycles. The molecule has 0 bridgehead atoms. The van der Waals surface area contributed by atoms with Gasteiger partial charge in [0.15, 0.2) is 5.96 Å². The van der Waals surface area contributed by atoms with Gasteiger partial charge < -0.3 is 14.5 Å². The lowest BCUT2D eigenvalue weighted by Gasteiger charge is -2.22. The van der Waals surface area contributed by atoms with Crippen LogP contribution in [0, 0.1) is 5.41 Å². The molecule has 5 heteroatoms. The van der Waals surface area contributed by atoms with Crippen molar-refractivity contribution in [3.05, 3.63) is 65.7 Å². The minimum atomic E-state index is -0.314. The average Bonchev–Trinajstić information content (AvgIpc) is 2.97. The summed E-state index contributed by atoms with van der Waals surface area (Å²) >= 11 is 0. The second-order valence-electron chi connectivity index (χ2n) is 5.65. The maximum absolute atomic E-state index is 11.7. The Morgan fingerprint density at radius 3 is 2.46 bits per heavy atom. The predicted molar refractivity (Wildman–Crippen MR) is 94.3 cm³/mol. The summed E-state index contributed by atoms with van der Waals surface area (Å²) < 4.78 is 4.99. The molecule has 1 aliphatic rings. The van der Waals surface area contributed by atoms with Crippen molar-refractivity contribution in [2.75, 3.05) is 24.6 Å². The largest absolute Gasteiger partial charge is 0.462 e. The number of hydrogen-bond acceptors (Lipinski definition) is 3. The third kappa shape index (κ3) is 3.40. The molecule has 5 nitrogen and oxygen atoms in total. The zero-order valence-corrected chi connectivity index (χ0v) is 13.7. The third-order valence-electron chi connectivity index (χ3n) is 4.06. The number of anilines is 1. The van der Waals surface area contributed by atoms with Gasteiger partial charge in [0.05, 0.1) is 12.2 Å². The fourth-order valence-electron chi connectivity index (χ4n) is 2.80. The van der Waals surface area contributed by atoms with Gasteiger partial charge in [-0.15, -0.1) is 0 Å². The highest BCUT2D eigenvalue weighted by atomic mass is 16.5. The van der Waals surface area contributed by atoms with E-state index in [9.17, 15) is 4.79 Å². The van der Waals surface area contributed by atoms with E-state index < -0.39 is 0 Å². The van der Waals surface area contributed by atoms with Crippen LogP contribution < -0.4 is 4.90 Å². The number of nitrogens with zero attached hydrogens (tertiary/aromatic N) is 2. The van der Waals surface area contributed by atoms with E-state index in [1.54, 1.807) is 19.1 Å². The Balaban J connectivity index is 1.67. The van der Waals surface area contributed by atoms with Gasteiger partial charge in [0, 0.05) is 25.3 Å². The third-order valence-corrected chi connectivity index (χ3v) is 4.06. The molecular formula is C19H21N3O2. The summed E-state index contributed by atoms with van der Waals surface area (Å²) in [6.45, 7) is 4.47. The Labute approximate surface area is 142 Å². The monoisotopic (exact) mass is 323 g/mol. The van der Waals surface area contributed by atoms with Gasteiger partial charge in [-0.3, -0.25) is 5.41 Å². The minimum absolute atomic E-state index is 0.314. The van der Waals surface area contributed by atoms with Crippen molar-refractivity contribution >= 4 is 17.6 Å². The Morgan fingerprint density at radius 1 is 1.08 bits per heavy atom. The number of hydrogen-bond donors (Lipinski definition) is 1. The Morgan fingerprint density at radius 2 is 1.79 bits per heavy atom. The Kier molecular flexibility index (Phi) is 4.79. The van der Waals surface area contributed by atoms with Crippen LogP contribution in [-0.4, -0.2) is 36.5 Å². The summed E-state index contributed by atoms with van der Waals surface area (Å²) in [4.78, 5) is 15.7. The summed E-state index contributed by atoms with van der Waals surface area (Å²) in [5.41, 5.74) is 2.65. The van der Waals surface area contributed by atoms with Gasteiger partial charge in [0.25, 0.3) is 0 Å². The first-order valence-corrected chi connectivity index (χ1v) is 8.11. The van der Waals surface area contributed by atoms with E-state index >= 15 is 0 Å². The van der Waals surface area contributed by atoms with Crippen LogP contribution in [0.1, 0.15) is 22.8 Å². The lowest BCUT2D eigenvalue weighted by molar-refractivity contribution is 0.0526. The van der Waals surface area contributed by atoms with E-state index in [1.165, 1.54) is 5.56 Å². The van der Waals surface area contributed by atoms with Gasteiger partial charge in [0.2, 0.25) is 0 Å². The smallest absolute Gasteiger partial charge is 0.338 e. The molecule has 0 atom stereocenters. The number of benzene rings is 2. The number of rotatable bonds is 5. The standard InChI is InChI=1S/C19H21N3O2/c1-2-24-18(23)16-8-10-17(11-9-16)22-13-12-21(19(22)20)14-15-6-4-3-5-7-15/h3-11,20H,2,12-14H2,1H3. The highest BCUT2D eigenvalue weighted by molar-refractivity contribution is 5.96. The molecule has 24 heavy (non-hydrogen) atoms. The molecule has 2 aromatic rings. The van der Waals surface area contributed by atoms with Gasteiger partial charge in [-0.2, -0.15) is 0 Å². The second-order valence-corrected chi connectivity index (χ2v) is 5.65. The fraction of sp³-hybridized carbons (Fsp3) is 0.263. The lowest BCUT2D eigenvalue weighted by Crippen LogP contribution is -2.32. The zero-order chi connectivity index (χ0) is 16.9. The number of nitrogens with one attached hydrogen (secondary N) is 1. The number of ether oxygens (including phenoxy) is 1. The van der Waals surface area contributed by atoms with Crippen molar-refractivity contribution < 1.29 is 9.53 Å². The van der Waals surface area contributed by atoms with Crippen molar-refractivity contribution in [2.45, 2.75) is 13.5 Å². The van der Waals surface area contributed by atoms with Gasteiger partial charge in [-0.05, 0) is 36.8 Å². The van der Waals surface area contributed by atoms with Crippen LogP contribution in [0.2, 0.25) is 0 Å². The SMILES string of the molecule is CCOC(=O)c1ccc(N2CCN(Cc3ccccc3)C2=N)cc1. The van der Waals surface area contributed by atoms with E-state index in [-0.39, 0.29) is 5.97 Å². The van der Waals surface area contributed by atoms with Gasteiger partial charge >= 0.3 is 5.97 Å². The first-order valence-electron chi connectivity index (χ1n) is 8.11. The molecule has 1 fully saturated rings. The summed E-state index contributed by atoms with van der Waals surface area (Å²) in [7, 11) is 0. The summed E-state index contributed by atoms with van der Waals surface area (Å²) in [5, 5.41) is 8.41. The first kappa shape index (κ1) is 16.1. The molecule has 0 aliphatic carbocycles. The molecule has 0 spiro atoms. The van der Waals surface area contributed by atoms with Crippen LogP contribution in [0.5, 0.6) is 0 Å². The summed E-state index contributed by atoms with van der Waals surface area (Å²) in [6.07, 6.45) is 0. The molecule has 3 rings (SSSR count). The molecule has 1 saturated heterocycles. The summed E-state index contributed by atoms with van der Waals surface area (Å²) in [6, 6.07) is 17.4. The second kappa shape index (κ2) is 7.17. The number of carbonyl (C=O) groups is 1. The van der Waals surface area contributed by atoms with E-state index in [0.29, 0.717) is 18.1 Å². The van der Waals surface area contributed by atoms with Crippen molar-refractivity contribution in [2.24, 2.45) is 0 Å². The Bertz CT molecular complexity index is 713. The van der Waals surface area contributed by atoms with Crippen molar-refractivity contribution in [3.8, 4) is 0 Å². The highest BCUT2D eigenvalue weighted by Gasteiger charge is 2.26. The molecule has 0 unspecified atom stereocenters. The molecular weight excluding hydrogens is 302 g/mol. The van der Waals surface area contributed by atoms with E-state index in [1.807, 2.05) is 35.2 Å². The molecule has 124 valence electrons. The highest BCUT2D eigenvalue weighted by Crippen LogP contribution is 2.22. The quantitative estimate of drug-likeness (QED) is 0.859. The molecule has 2 aromatic carbocycles. The number of esters is 1. The van der Waals surface area contributed by atoms with Crippen LogP contribution in [-0.2, 0) is 11.3 Å². The number of guanidine groups is 1.